The van der Waals surface area contributed by atoms with Crippen LogP contribution in [-0.4, -0.2) is 21.8 Å². The number of ether oxygens (including phenoxy) is 1. The molecule has 0 saturated heterocycles. The van der Waals surface area contributed by atoms with Crippen LogP contribution in [0, 0.1) is 10.4 Å². The number of hydrogen-bond donors (Lipinski definition) is 3. The van der Waals surface area contributed by atoms with Crippen LogP contribution in [-0.2, 0) is 4.74 Å². The minimum atomic E-state index is -0.660. The topological polar surface area (TPSA) is 120 Å². The molecule has 0 bridgehead atoms. The highest BCUT2D eigenvalue weighted by molar-refractivity contribution is 5.94. The van der Waals surface area contributed by atoms with Crippen LogP contribution in [0.25, 0.3) is 0 Å². The number of hydrazine groups is 1. The fourth-order valence-electron chi connectivity index (χ4n) is 1.38. The minimum Gasteiger partial charge on any atom is -0.610 e. The van der Waals surface area contributed by atoms with E-state index in [0.717, 1.165) is 0 Å². The molecule has 20 heavy (non-hydrogen) atoms. The van der Waals surface area contributed by atoms with Crippen LogP contribution in [0.15, 0.2) is 48.4 Å². The number of carbonyl (C=O) groups is 1. The van der Waals surface area contributed by atoms with Crippen molar-refractivity contribution in [3.8, 4) is 5.75 Å². The molecule has 0 spiro atoms. The predicted octanol–water partition coefficient (Wildman–Crippen LogP) is 0.461. The second kappa shape index (κ2) is 5.65. The molecule has 0 unspecified atom stereocenters. The van der Waals surface area contributed by atoms with Gasteiger partial charge in [-0.15, -0.1) is 4.90 Å². The first-order valence-corrected chi connectivity index (χ1v) is 5.48. The van der Waals surface area contributed by atoms with Gasteiger partial charge in [0.1, 0.15) is 5.75 Å². The Hall–Kier alpha value is -3.16. The molecule has 0 fully saturated rings. The van der Waals surface area contributed by atoms with Gasteiger partial charge in [0, 0.05) is 5.56 Å². The normalized spacial score (nSPS) is 15.0. The van der Waals surface area contributed by atoms with Crippen LogP contribution in [0.3, 0.4) is 0 Å². The number of phenols is 1. The zero-order chi connectivity index (χ0) is 14.5. The lowest BCUT2D eigenvalue weighted by atomic mass is 10.2. The highest BCUT2D eigenvalue weighted by atomic mass is 16.8. The van der Waals surface area contributed by atoms with E-state index in [1.54, 1.807) is 0 Å². The van der Waals surface area contributed by atoms with Gasteiger partial charge in [-0.2, -0.15) is 0 Å². The number of amides is 1. The van der Waals surface area contributed by atoms with Crippen molar-refractivity contribution in [2.75, 3.05) is 0 Å². The Morgan fingerprint density at radius 2 is 1.95 bits per heavy atom. The second-order valence-electron chi connectivity index (χ2n) is 3.72. The lowest BCUT2D eigenvalue weighted by Crippen LogP contribution is -2.33. The molecule has 2 rings (SSSR count). The third-order valence-electron chi connectivity index (χ3n) is 2.32. The predicted molar refractivity (Wildman–Crippen MR) is 69.0 cm³/mol. The molecule has 0 atom stereocenters. The van der Waals surface area contributed by atoms with Crippen molar-refractivity contribution in [2.24, 2.45) is 0 Å². The Labute approximate surface area is 113 Å². The monoisotopic (exact) mass is 276 g/mol. The largest absolute Gasteiger partial charge is 0.610 e. The van der Waals surface area contributed by atoms with Crippen LogP contribution in [0.2, 0.25) is 0 Å². The van der Waals surface area contributed by atoms with Gasteiger partial charge in [0.2, 0.25) is 0 Å². The molecule has 8 heteroatoms. The molecule has 1 heterocycles. The minimum absolute atomic E-state index is 0.0592. The fourth-order valence-corrected chi connectivity index (χ4v) is 1.38. The van der Waals surface area contributed by atoms with Crippen molar-refractivity contribution in [3.05, 3.63) is 64.4 Å². The summed E-state index contributed by atoms with van der Waals surface area (Å²) < 4.78 is 4.85. The molecule has 1 aliphatic heterocycles. The molecule has 0 saturated carbocycles. The number of rotatable bonds is 3. The molecule has 8 nitrogen and oxygen atoms in total. The first kappa shape index (κ1) is 13.3. The Kier molecular flexibility index (Phi) is 3.75. The van der Waals surface area contributed by atoms with Gasteiger partial charge in [-0.05, 0) is 30.3 Å². The van der Waals surface area contributed by atoms with Gasteiger partial charge in [0.25, 0.3) is 5.91 Å². The summed E-state index contributed by atoms with van der Waals surface area (Å²) in [7, 11) is 0. The number of nitrogens with zero attached hydrogens (tertiary/aromatic N) is 1. The average Bonchev–Trinajstić information content (AvgIpc) is 2.88. The molecule has 104 valence electrons. The van der Waals surface area contributed by atoms with Gasteiger partial charge in [0.15, 0.2) is 5.76 Å². The van der Waals surface area contributed by atoms with E-state index in [1.807, 2.05) is 0 Å². The Morgan fingerprint density at radius 1 is 1.25 bits per heavy atom. The first-order chi connectivity index (χ1) is 9.56. The fraction of sp³-hybridized carbons (Fsp3) is 0. The SMILES string of the molecule is O=C(NNC=C1C=CC(=[N+]([O-])[O-])O1)c1ccc(O)cc1. The van der Waals surface area contributed by atoms with Crippen molar-refractivity contribution in [3.63, 3.8) is 0 Å². The maximum absolute atomic E-state index is 11.6. The molecular formula is C12H10N3O5-. The summed E-state index contributed by atoms with van der Waals surface area (Å²) in [6, 6.07) is 5.66. The summed E-state index contributed by atoms with van der Waals surface area (Å²) in [6.45, 7) is 0. The van der Waals surface area contributed by atoms with Crippen LogP contribution < -0.4 is 10.9 Å². The molecular weight excluding hydrogens is 266 g/mol. The molecule has 3 N–H and O–H groups in total. The summed E-state index contributed by atoms with van der Waals surface area (Å²) in [4.78, 5) is 11.0. The smallest absolute Gasteiger partial charge is 0.391 e. The summed E-state index contributed by atoms with van der Waals surface area (Å²) in [6.07, 6.45) is 3.86. The van der Waals surface area contributed by atoms with Gasteiger partial charge in [-0.25, -0.2) is 0 Å². The maximum atomic E-state index is 11.6. The van der Waals surface area contributed by atoms with Crippen molar-refractivity contribution in [1.29, 1.82) is 0 Å². The number of allylic oxidation sites excluding steroid dienone is 1. The van der Waals surface area contributed by atoms with E-state index in [2.05, 4.69) is 10.9 Å². The lowest BCUT2D eigenvalue weighted by molar-refractivity contribution is -0.388. The quantitative estimate of drug-likeness (QED) is 0.545. The summed E-state index contributed by atoms with van der Waals surface area (Å²) in [5.41, 5.74) is 5.15. The van der Waals surface area contributed by atoms with Crippen molar-refractivity contribution < 1.29 is 19.5 Å². The molecule has 0 aromatic heterocycles. The van der Waals surface area contributed by atoms with Crippen molar-refractivity contribution in [2.45, 2.75) is 0 Å². The number of benzene rings is 1. The van der Waals surface area contributed by atoms with Gasteiger partial charge in [0.05, 0.1) is 12.3 Å². The Balaban J connectivity index is 1.88. The highest BCUT2D eigenvalue weighted by Crippen LogP contribution is 2.10. The standard InChI is InChI=1S/C12H10N3O5/c16-9-3-1-8(2-4-9)12(17)14-13-7-10-5-6-11(20-10)15(18)19/h1-7,13H,(H2-,14,16,17,18,19)/q-1. The Bertz CT molecular complexity index is 600. The van der Waals surface area contributed by atoms with Gasteiger partial charge >= 0.3 is 5.90 Å². The molecule has 1 aromatic carbocycles. The van der Waals surface area contributed by atoms with Gasteiger partial charge in [-0.3, -0.25) is 10.2 Å². The van der Waals surface area contributed by atoms with Crippen LogP contribution in [0.5, 0.6) is 5.75 Å². The average molecular weight is 276 g/mol. The Morgan fingerprint density at radius 3 is 2.55 bits per heavy atom. The lowest BCUT2D eigenvalue weighted by Gasteiger charge is -2.06. The summed E-state index contributed by atoms with van der Waals surface area (Å²) in [5, 5.41) is 29.9. The van der Waals surface area contributed by atoms with Crippen LogP contribution >= 0.6 is 0 Å². The number of carbonyl (C=O) groups excluding carboxylic acids is 1. The zero-order valence-corrected chi connectivity index (χ0v) is 10.1. The van der Waals surface area contributed by atoms with E-state index < -0.39 is 10.8 Å². The third kappa shape index (κ3) is 3.19. The zero-order valence-electron chi connectivity index (χ0n) is 10.1. The molecule has 0 aliphatic carbocycles. The van der Waals surface area contributed by atoms with Crippen LogP contribution in [0.4, 0.5) is 0 Å². The highest BCUT2D eigenvalue weighted by Gasteiger charge is 2.13. The van der Waals surface area contributed by atoms with E-state index >= 15 is 0 Å². The van der Waals surface area contributed by atoms with E-state index in [0.29, 0.717) is 5.56 Å². The first-order valence-electron chi connectivity index (χ1n) is 5.48. The summed E-state index contributed by atoms with van der Waals surface area (Å²) >= 11 is 0. The number of phenolic OH excluding ortho intramolecular Hbond substituents is 1. The molecule has 1 aliphatic rings. The second-order valence-corrected chi connectivity index (χ2v) is 3.72. The number of nitrogens with one attached hydrogen (secondary N) is 2. The van der Waals surface area contributed by atoms with Crippen molar-refractivity contribution >= 4 is 11.8 Å². The van der Waals surface area contributed by atoms with Crippen molar-refractivity contribution in [1.82, 2.24) is 10.9 Å². The van der Waals surface area contributed by atoms with Gasteiger partial charge in [-0.1, -0.05) is 0 Å². The third-order valence-corrected chi connectivity index (χ3v) is 2.32. The maximum Gasteiger partial charge on any atom is 0.391 e. The number of hydrogen-bond acceptors (Lipinski definition) is 6. The van der Waals surface area contributed by atoms with E-state index in [1.165, 1.54) is 42.6 Å². The van der Waals surface area contributed by atoms with E-state index in [4.69, 9.17) is 9.84 Å². The summed E-state index contributed by atoms with van der Waals surface area (Å²) in [5.74, 6) is -0.558. The molecule has 1 aromatic rings. The van der Waals surface area contributed by atoms with E-state index in [-0.39, 0.29) is 17.4 Å². The van der Waals surface area contributed by atoms with E-state index in [9.17, 15) is 15.2 Å². The molecule has 0 radical (unpaired) electrons. The number of aromatic hydroxyl groups is 1. The van der Waals surface area contributed by atoms with Crippen LogP contribution in [0.1, 0.15) is 10.4 Å². The van der Waals surface area contributed by atoms with Gasteiger partial charge < -0.3 is 25.7 Å². The molecule has 1 amide bonds.